The van der Waals surface area contributed by atoms with Crippen molar-refractivity contribution < 1.29 is 27.4 Å². The van der Waals surface area contributed by atoms with Gasteiger partial charge < -0.3 is 19.5 Å². The fraction of sp³-hybridized carbons (Fsp3) is 0.435. The van der Waals surface area contributed by atoms with Gasteiger partial charge in [-0.2, -0.15) is 4.31 Å². The van der Waals surface area contributed by atoms with Crippen molar-refractivity contribution in [3.63, 3.8) is 0 Å². The highest BCUT2D eigenvalue weighted by Gasteiger charge is 2.30. The topological polar surface area (TPSA) is 94.2 Å². The summed E-state index contributed by atoms with van der Waals surface area (Å²) in [6.07, 6.45) is 3.20. The number of methoxy groups -OCH3 is 2. The first-order chi connectivity index (χ1) is 15.4. The molecular formula is C23H30N2O6S. The summed E-state index contributed by atoms with van der Waals surface area (Å²) in [4.78, 5) is 13.1. The highest BCUT2D eigenvalue weighted by Crippen LogP contribution is 2.35. The third-order valence-electron chi connectivity index (χ3n) is 5.34. The van der Waals surface area contributed by atoms with Crippen LogP contribution in [0, 0.1) is 0 Å². The Labute approximate surface area is 189 Å². The Bertz CT molecular complexity index is 1030. The molecule has 2 aromatic rings. The summed E-state index contributed by atoms with van der Waals surface area (Å²) < 4.78 is 43.6. The van der Waals surface area contributed by atoms with Crippen LogP contribution in [0.25, 0.3) is 0 Å². The molecule has 1 N–H and O–H groups in total. The number of carbonyl (C=O) groups excluding carboxylic acids is 1. The van der Waals surface area contributed by atoms with E-state index in [0.29, 0.717) is 18.9 Å². The summed E-state index contributed by atoms with van der Waals surface area (Å²) in [5, 5.41) is 2.82. The summed E-state index contributed by atoms with van der Waals surface area (Å²) in [6, 6.07) is 10.3. The molecule has 0 saturated carbocycles. The first-order valence-electron chi connectivity index (χ1n) is 10.6. The number of benzene rings is 2. The maximum Gasteiger partial charge on any atom is 0.259 e. The molecule has 0 bridgehead atoms. The Morgan fingerprint density at radius 1 is 1.09 bits per heavy atom. The van der Waals surface area contributed by atoms with Gasteiger partial charge in [-0.25, -0.2) is 8.42 Å². The van der Waals surface area contributed by atoms with Crippen molar-refractivity contribution in [1.29, 1.82) is 0 Å². The van der Waals surface area contributed by atoms with Crippen molar-refractivity contribution in [2.75, 3.05) is 45.8 Å². The van der Waals surface area contributed by atoms with E-state index in [2.05, 4.69) is 12.2 Å². The molecule has 1 saturated heterocycles. The van der Waals surface area contributed by atoms with Crippen LogP contribution in [-0.4, -0.2) is 59.2 Å². The molecule has 0 radical (unpaired) electrons. The number of ether oxygens (including phenoxy) is 3. The minimum atomic E-state index is -3.83. The smallest absolute Gasteiger partial charge is 0.259 e. The third-order valence-corrected chi connectivity index (χ3v) is 7.21. The number of nitrogens with one attached hydrogen (secondary N) is 1. The molecule has 0 aliphatic carbocycles. The van der Waals surface area contributed by atoms with Crippen molar-refractivity contribution in [3.05, 3.63) is 47.5 Å². The molecule has 0 spiro atoms. The molecule has 0 aromatic heterocycles. The van der Waals surface area contributed by atoms with Gasteiger partial charge in [-0.15, -0.1) is 0 Å². The molecule has 1 heterocycles. The molecule has 8 nitrogen and oxygen atoms in total. The van der Waals surface area contributed by atoms with E-state index in [1.54, 1.807) is 0 Å². The summed E-state index contributed by atoms with van der Waals surface area (Å²) >= 11 is 0. The Balaban J connectivity index is 1.92. The van der Waals surface area contributed by atoms with E-state index in [1.807, 2.05) is 24.3 Å². The average molecular weight is 463 g/mol. The highest BCUT2D eigenvalue weighted by molar-refractivity contribution is 7.89. The van der Waals surface area contributed by atoms with E-state index in [0.717, 1.165) is 19.3 Å². The van der Waals surface area contributed by atoms with Crippen LogP contribution in [0.15, 0.2) is 41.3 Å². The summed E-state index contributed by atoms with van der Waals surface area (Å²) in [5.41, 5.74) is 1.88. The molecule has 2 aromatic carbocycles. The van der Waals surface area contributed by atoms with Crippen LogP contribution in [-0.2, 0) is 21.2 Å². The zero-order chi connectivity index (χ0) is 23.1. The van der Waals surface area contributed by atoms with Gasteiger partial charge >= 0.3 is 0 Å². The maximum absolute atomic E-state index is 13.2. The lowest BCUT2D eigenvalue weighted by Crippen LogP contribution is -2.40. The van der Waals surface area contributed by atoms with Crippen LogP contribution in [0.5, 0.6) is 11.5 Å². The van der Waals surface area contributed by atoms with E-state index in [-0.39, 0.29) is 35.0 Å². The standard InChI is InChI=1S/C23H30N2O6S/c1-4-5-6-17-7-9-18(10-8-17)24-23(26)20-15-19(16-21(29-2)22(20)30-3)32(27,28)25-11-13-31-14-12-25/h7-10,15-16H,4-6,11-14H2,1-3H3,(H,24,26). The fourth-order valence-electron chi connectivity index (χ4n) is 3.53. The number of carbonyl (C=O) groups is 1. The number of amides is 1. The zero-order valence-electron chi connectivity index (χ0n) is 18.7. The number of rotatable bonds is 9. The number of hydrogen-bond acceptors (Lipinski definition) is 6. The van der Waals surface area contributed by atoms with Gasteiger partial charge in [0.1, 0.15) is 0 Å². The summed E-state index contributed by atoms with van der Waals surface area (Å²) in [7, 11) is -1.01. The number of sulfonamides is 1. The molecular weight excluding hydrogens is 432 g/mol. The summed E-state index contributed by atoms with van der Waals surface area (Å²) in [6.45, 7) is 3.30. The van der Waals surface area contributed by atoms with Gasteiger partial charge in [0, 0.05) is 24.8 Å². The van der Waals surface area contributed by atoms with E-state index in [4.69, 9.17) is 14.2 Å². The molecule has 1 fully saturated rings. The van der Waals surface area contributed by atoms with Gasteiger partial charge in [-0.1, -0.05) is 25.5 Å². The Hall–Kier alpha value is -2.62. The fourth-order valence-corrected chi connectivity index (χ4v) is 4.98. The average Bonchev–Trinajstić information content (AvgIpc) is 2.83. The predicted molar refractivity (Wildman–Crippen MR) is 122 cm³/mol. The van der Waals surface area contributed by atoms with Gasteiger partial charge in [0.25, 0.3) is 5.91 Å². The molecule has 174 valence electrons. The molecule has 1 amide bonds. The Morgan fingerprint density at radius 2 is 1.78 bits per heavy atom. The summed E-state index contributed by atoms with van der Waals surface area (Å²) in [5.74, 6) is -0.145. The van der Waals surface area contributed by atoms with E-state index >= 15 is 0 Å². The van der Waals surface area contributed by atoms with Crippen LogP contribution < -0.4 is 14.8 Å². The van der Waals surface area contributed by atoms with Gasteiger partial charge in [0.05, 0.1) is 37.9 Å². The van der Waals surface area contributed by atoms with Crippen LogP contribution in [0.1, 0.15) is 35.7 Å². The Kier molecular flexibility index (Phi) is 8.11. The SMILES string of the molecule is CCCCc1ccc(NC(=O)c2cc(S(=O)(=O)N3CCOCC3)cc(OC)c2OC)cc1. The van der Waals surface area contributed by atoms with Crippen LogP contribution in [0.3, 0.4) is 0 Å². The number of nitrogens with zero attached hydrogens (tertiary/aromatic N) is 1. The van der Waals surface area contributed by atoms with E-state index in [9.17, 15) is 13.2 Å². The maximum atomic E-state index is 13.2. The predicted octanol–water partition coefficient (Wildman–Crippen LogP) is 3.32. The van der Waals surface area contributed by atoms with Gasteiger partial charge in [-0.3, -0.25) is 4.79 Å². The van der Waals surface area contributed by atoms with Crippen molar-refractivity contribution in [2.45, 2.75) is 31.1 Å². The quantitative estimate of drug-likeness (QED) is 0.614. The Morgan fingerprint density at radius 3 is 2.38 bits per heavy atom. The first-order valence-corrected chi connectivity index (χ1v) is 12.1. The molecule has 0 atom stereocenters. The van der Waals surface area contributed by atoms with Crippen molar-refractivity contribution in [1.82, 2.24) is 4.31 Å². The first kappa shape index (κ1) is 24.0. The largest absolute Gasteiger partial charge is 0.493 e. The second-order valence-electron chi connectivity index (χ2n) is 7.48. The molecule has 1 aliphatic heterocycles. The zero-order valence-corrected chi connectivity index (χ0v) is 19.5. The van der Waals surface area contributed by atoms with Crippen molar-refractivity contribution in [2.24, 2.45) is 0 Å². The third kappa shape index (κ3) is 5.40. The monoisotopic (exact) mass is 462 g/mol. The number of unbranched alkanes of at least 4 members (excludes halogenated alkanes) is 1. The second kappa shape index (κ2) is 10.8. The van der Waals surface area contributed by atoms with Crippen molar-refractivity contribution in [3.8, 4) is 11.5 Å². The number of aryl methyl sites for hydroxylation is 1. The van der Waals surface area contributed by atoms with E-state index < -0.39 is 15.9 Å². The molecule has 3 rings (SSSR count). The minimum absolute atomic E-state index is 0.0305. The van der Waals surface area contributed by atoms with Crippen LogP contribution >= 0.6 is 0 Å². The lowest BCUT2D eigenvalue weighted by Gasteiger charge is -2.26. The minimum Gasteiger partial charge on any atom is -0.493 e. The van der Waals surface area contributed by atoms with Gasteiger partial charge in [-0.05, 0) is 36.6 Å². The second-order valence-corrected chi connectivity index (χ2v) is 9.42. The van der Waals surface area contributed by atoms with E-state index in [1.165, 1.54) is 36.2 Å². The van der Waals surface area contributed by atoms with Crippen molar-refractivity contribution >= 4 is 21.6 Å². The molecule has 9 heteroatoms. The molecule has 0 unspecified atom stereocenters. The lowest BCUT2D eigenvalue weighted by atomic mass is 10.1. The van der Waals surface area contributed by atoms with Crippen LogP contribution in [0.4, 0.5) is 5.69 Å². The highest BCUT2D eigenvalue weighted by atomic mass is 32.2. The number of anilines is 1. The molecule has 32 heavy (non-hydrogen) atoms. The number of morpholine rings is 1. The van der Waals surface area contributed by atoms with Gasteiger partial charge in [0.2, 0.25) is 10.0 Å². The normalized spacial score (nSPS) is 14.7. The molecule has 1 aliphatic rings. The van der Waals surface area contributed by atoms with Gasteiger partial charge in [0.15, 0.2) is 11.5 Å². The van der Waals surface area contributed by atoms with Crippen LogP contribution in [0.2, 0.25) is 0 Å². The lowest BCUT2D eigenvalue weighted by molar-refractivity contribution is 0.0730. The number of hydrogen-bond donors (Lipinski definition) is 1.